The zero-order chi connectivity index (χ0) is 13.1. The summed E-state index contributed by atoms with van der Waals surface area (Å²) in [4.78, 5) is 0. The van der Waals surface area contributed by atoms with Crippen LogP contribution in [-0.4, -0.2) is 0 Å². The molecule has 0 N–H and O–H groups in total. The van der Waals surface area contributed by atoms with Crippen molar-refractivity contribution in [1.82, 2.24) is 0 Å². The average Bonchev–Trinajstić information content (AvgIpc) is 2.18. The summed E-state index contributed by atoms with van der Waals surface area (Å²) in [6, 6.07) is 0. The van der Waals surface area contributed by atoms with Gasteiger partial charge in [-0.1, -0.05) is 74.7 Å². The van der Waals surface area contributed by atoms with Crippen LogP contribution in [0.15, 0.2) is 0 Å². The van der Waals surface area contributed by atoms with Gasteiger partial charge in [0.15, 0.2) is 0 Å². The maximum Gasteiger partial charge on any atom is -0.0389 e. The molecule has 0 heteroatoms. The van der Waals surface area contributed by atoms with E-state index < -0.39 is 0 Å². The minimum atomic E-state index is 0.862. The van der Waals surface area contributed by atoms with Crippen LogP contribution in [0.4, 0.5) is 0 Å². The maximum atomic E-state index is 2.38. The average molecular weight is 228 g/mol. The van der Waals surface area contributed by atoms with Gasteiger partial charge in [-0.05, 0) is 30.1 Å². The predicted octanol–water partition coefficient (Wildman–Crippen LogP) is 6.16. The summed E-state index contributed by atoms with van der Waals surface area (Å²) in [7, 11) is 0. The highest BCUT2D eigenvalue weighted by Crippen LogP contribution is 2.26. The highest BCUT2D eigenvalue weighted by Gasteiger charge is 2.14. The van der Waals surface area contributed by atoms with Crippen LogP contribution in [0.3, 0.4) is 0 Å². The van der Waals surface area contributed by atoms with Gasteiger partial charge in [0.05, 0.1) is 0 Å². The summed E-state index contributed by atoms with van der Waals surface area (Å²) in [5.41, 5.74) is 0. The first-order chi connectivity index (χ1) is 7.43. The highest BCUT2D eigenvalue weighted by molar-refractivity contribution is 4.65. The monoisotopic (exact) mass is 228 g/mol. The summed E-state index contributed by atoms with van der Waals surface area (Å²) in [5, 5.41) is 0. The van der Waals surface area contributed by atoms with Crippen molar-refractivity contribution < 1.29 is 0 Å². The molecule has 0 bridgehead atoms. The second-order valence-electron chi connectivity index (χ2n) is 5.96. The third-order valence-corrected chi connectivity index (χ3v) is 3.07. The fourth-order valence-electron chi connectivity index (χ4n) is 2.12. The fraction of sp³-hybridized carbons (Fsp3) is 1.00. The molecule has 0 saturated carbocycles. The van der Waals surface area contributed by atoms with Gasteiger partial charge in [0.1, 0.15) is 0 Å². The lowest BCUT2D eigenvalue weighted by Gasteiger charge is -2.23. The van der Waals surface area contributed by atoms with Crippen LogP contribution in [0.2, 0.25) is 0 Å². The SMILES string of the molecule is CC.CC(C)CCCC(CC(C)C)C(C)C. The Bertz CT molecular complexity index is 122. The van der Waals surface area contributed by atoms with E-state index in [0.717, 1.165) is 23.7 Å². The Morgan fingerprint density at radius 1 is 0.688 bits per heavy atom. The second-order valence-corrected chi connectivity index (χ2v) is 5.96. The van der Waals surface area contributed by atoms with Crippen LogP contribution >= 0.6 is 0 Å². The minimum absolute atomic E-state index is 0.862. The topological polar surface area (TPSA) is 0 Å². The number of rotatable bonds is 7. The van der Waals surface area contributed by atoms with Crippen molar-refractivity contribution in [2.24, 2.45) is 23.7 Å². The molecule has 1 atom stereocenters. The Kier molecular flexibility index (Phi) is 13.2. The Labute approximate surface area is 105 Å². The van der Waals surface area contributed by atoms with Gasteiger partial charge in [-0.2, -0.15) is 0 Å². The molecule has 100 valence electrons. The van der Waals surface area contributed by atoms with E-state index in [1.807, 2.05) is 13.8 Å². The van der Waals surface area contributed by atoms with Crippen molar-refractivity contribution in [3.63, 3.8) is 0 Å². The standard InChI is InChI=1S/C14H30.C2H6/c1-11(2)8-7-9-14(13(5)6)10-12(3)4;1-2/h11-14H,7-10H2,1-6H3;1-2H3. The molecule has 16 heavy (non-hydrogen) atoms. The van der Waals surface area contributed by atoms with E-state index in [2.05, 4.69) is 41.5 Å². The molecule has 0 heterocycles. The van der Waals surface area contributed by atoms with Gasteiger partial charge >= 0.3 is 0 Å². The van der Waals surface area contributed by atoms with E-state index in [4.69, 9.17) is 0 Å². The van der Waals surface area contributed by atoms with Crippen LogP contribution in [0.5, 0.6) is 0 Å². The van der Waals surface area contributed by atoms with E-state index in [-0.39, 0.29) is 0 Å². The molecular weight excluding hydrogens is 192 g/mol. The molecule has 0 aromatic rings. The van der Waals surface area contributed by atoms with Gasteiger partial charge < -0.3 is 0 Å². The molecule has 0 aromatic carbocycles. The maximum absolute atomic E-state index is 2.38. The highest BCUT2D eigenvalue weighted by atomic mass is 14.2. The van der Waals surface area contributed by atoms with Crippen molar-refractivity contribution >= 4 is 0 Å². The van der Waals surface area contributed by atoms with Crippen LogP contribution in [0.25, 0.3) is 0 Å². The Morgan fingerprint density at radius 3 is 1.50 bits per heavy atom. The van der Waals surface area contributed by atoms with Crippen molar-refractivity contribution in [2.75, 3.05) is 0 Å². The molecule has 0 spiro atoms. The van der Waals surface area contributed by atoms with Gasteiger partial charge in [0.2, 0.25) is 0 Å². The van der Waals surface area contributed by atoms with Crippen LogP contribution in [0.1, 0.15) is 81.1 Å². The van der Waals surface area contributed by atoms with Crippen molar-refractivity contribution in [2.45, 2.75) is 81.1 Å². The lowest BCUT2D eigenvalue weighted by molar-refractivity contribution is 0.285. The molecule has 0 amide bonds. The Morgan fingerprint density at radius 2 is 1.19 bits per heavy atom. The van der Waals surface area contributed by atoms with E-state index in [0.29, 0.717) is 0 Å². The van der Waals surface area contributed by atoms with Gasteiger partial charge in [-0.15, -0.1) is 0 Å². The molecule has 1 unspecified atom stereocenters. The summed E-state index contributed by atoms with van der Waals surface area (Å²) in [5.74, 6) is 3.56. The van der Waals surface area contributed by atoms with Crippen LogP contribution in [-0.2, 0) is 0 Å². The van der Waals surface area contributed by atoms with E-state index in [1.165, 1.54) is 25.7 Å². The first-order valence-electron chi connectivity index (χ1n) is 7.43. The lowest BCUT2D eigenvalue weighted by Crippen LogP contribution is -2.12. The smallest absolute Gasteiger partial charge is 0.0389 e. The lowest BCUT2D eigenvalue weighted by atomic mass is 9.83. The van der Waals surface area contributed by atoms with E-state index >= 15 is 0 Å². The molecule has 0 aliphatic rings. The van der Waals surface area contributed by atoms with Gasteiger partial charge in [-0.25, -0.2) is 0 Å². The van der Waals surface area contributed by atoms with E-state index in [9.17, 15) is 0 Å². The van der Waals surface area contributed by atoms with Crippen LogP contribution < -0.4 is 0 Å². The molecular formula is C16H36. The Hall–Kier alpha value is 0. The predicted molar refractivity (Wildman–Crippen MR) is 77.8 cm³/mol. The molecule has 0 aliphatic heterocycles. The van der Waals surface area contributed by atoms with Gasteiger partial charge in [-0.3, -0.25) is 0 Å². The first-order valence-corrected chi connectivity index (χ1v) is 7.43. The van der Waals surface area contributed by atoms with Gasteiger partial charge in [0, 0.05) is 0 Å². The van der Waals surface area contributed by atoms with Crippen molar-refractivity contribution in [1.29, 1.82) is 0 Å². The molecule has 0 aromatic heterocycles. The second kappa shape index (κ2) is 11.5. The fourth-order valence-corrected chi connectivity index (χ4v) is 2.12. The number of hydrogen-bond donors (Lipinski definition) is 0. The molecule has 0 fully saturated rings. The molecule has 0 rings (SSSR count). The molecule has 0 saturated heterocycles. The van der Waals surface area contributed by atoms with E-state index in [1.54, 1.807) is 0 Å². The quantitative estimate of drug-likeness (QED) is 0.489. The van der Waals surface area contributed by atoms with Crippen molar-refractivity contribution in [3.05, 3.63) is 0 Å². The molecule has 0 nitrogen and oxygen atoms in total. The van der Waals surface area contributed by atoms with Crippen molar-refractivity contribution in [3.8, 4) is 0 Å². The molecule has 0 aliphatic carbocycles. The normalized spacial score (nSPS) is 12.9. The summed E-state index contributed by atoms with van der Waals surface area (Å²) in [6.45, 7) is 18.1. The van der Waals surface area contributed by atoms with Crippen LogP contribution in [0, 0.1) is 23.7 Å². The zero-order valence-corrected chi connectivity index (χ0v) is 13.1. The summed E-state index contributed by atoms with van der Waals surface area (Å²) >= 11 is 0. The first kappa shape index (κ1) is 18.4. The molecule has 0 radical (unpaired) electrons. The summed E-state index contributed by atoms with van der Waals surface area (Å²) < 4.78 is 0. The largest absolute Gasteiger partial charge is 0.0683 e. The third-order valence-electron chi connectivity index (χ3n) is 3.07. The zero-order valence-electron chi connectivity index (χ0n) is 13.1. The Balaban J connectivity index is 0. The summed E-state index contributed by atoms with van der Waals surface area (Å²) in [6.07, 6.45) is 5.68. The third kappa shape index (κ3) is 12.1. The minimum Gasteiger partial charge on any atom is -0.0683 e. The van der Waals surface area contributed by atoms with Gasteiger partial charge in [0.25, 0.3) is 0 Å². The number of hydrogen-bond acceptors (Lipinski definition) is 0.